The van der Waals surface area contributed by atoms with Gasteiger partial charge in [-0.3, -0.25) is 4.90 Å². The molecule has 138 valence electrons. The lowest BCUT2D eigenvalue weighted by molar-refractivity contribution is -0.0722. The van der Waals surface area contributed by atoms with Gasteiger partial charge in [0.2, 0.25) is 0 Å². The zero-order chi connectivity index (χ0) is 18.4. The molecule has 0 amide bonds. The zero-order valence-corrected chi connectivity index (χ0v) is 14.9. The van der Waals surface area contributed by atoms with Crippen LogP contribution in [0.3, 0.4) is 0 Å². The van der Waals surface area contributed by atoms with Gasteiger partial charge in [-0.05, 0) is 36.1 Å². The fourth-order valence-electron chi connectivity index (χ4n) is 3.69. The first-order valence-corrected chi connectivity index (χ1v) is 9.09. The Hall–Kier alpha value is -2.01. The molecular weight excluding hydrogens is 329 g/mol. The number of aliphatic hydroxyl groups is 2. The lowest BCUT2D eigenvalue weighted by Crippen LogP contribution is -2.54. The van der Waals surface area contributed by atoms with Crippen LogP contribution in [0.15, 0.2) is 60.7 Å². The number of aliphatic hydroxyl groups excluding tert-OH is 2. The molecule has 1 fully saturated rings. The Bertz CT molecular complexity index is 717. The van der Waals surface area contributed by atoms with Crippen LogP contribution < -0.4 is 0 Å². The summed E-state index contributed by atoms with van der Waals surface area (Å²) in [6, 6.07) is 16.4. The summed E-state index contributed by atoms with van der Waals surface area (Å²) in [6.07, 6.45) is 4.80. The number of hydrogen-bond acceptors (Lipinski definition) is 3. The van der Waals surface area contributed by atoms with E-state index in [9.17, 15) is 14.6 Å². The van der Waals surface area contributed by atoms with E-state index in [1.165, 1.54) is 12.1 Å². The predicted octanol–water partition coefficient (Wildman–Crippen LogP) is 3.13. The van der Waals surface area contributed by atoms with E-state index in [4.69, 9.17) is 0 Å². The molecule has 2 N–H and O–H groups in total. The highest BCUT2D eigenvalue weighted by Gasteiger charge is 2.42. The molecule has 0 aliphatic carbocycles. The van der Waals surface area contributed by atoms with Crippen molar-refractivity contribution in [2.45, 2.75) is 18.9 Å². The number of hydrogen-bond donors (Lipinski definition) is 2. The topological polar surface area (TPSA) is 43.7 Å². The summed E-state index contributed by atoms with van der Waals surface area (Å²) < 4.78 is 13.1. The standard InChI is InChI=1S/C22H26FNO2/c23-20-10-8-19(9-11-20)15-22(17-25)16-24(14-12-21(22)26)13-4-7-18-5-2-1-3-6-18/h1-11,21,25-26H,12-17H2/b7-4+/t21-,22-/m0/s1. The molecule has 1 aliphatic rings. The molecule has 2 aromatic rings. The van der Waals surface area contributed by atoms with Crippen LogP contribution in [-0.2, 0) is 6.42 Å². The van der Waals surface area contributed by atoms with Gasteiger partial charge in [-0.1, -0.05) is 54.6 Å². The van der Waals surface area contributed by atoms with E-state index >= 15 is 0 Å². The summed E-state index contributed by atoms with van der Waals surface area (Å²) in [5.74, 6) is -0.274. The van der Waals surface area contributed by atoms with Gasteiger partial charge in [0.1, 0.15) is 5.82 Å². The summed E-state index contributed by atoms with van der Waals surface area (Å²) in [7, 11) is 0. The first-order valence-electron chi connectivity index (χ1n) is 9.09. The first kappa shape index (κ1) is 18.8. The van der Waals surface area contributed by atoms with E-state index < -0.39 is 11.5 Å². The first-order chi connectivity index (χ1) is 12.6. The molecule has 1 saturated heterocycles. The Kier molecular flexibility index (Phi) is 6.20. The highest BCUT2D eigenvalue weighted by atomic mass is 19.1. The zero-order valence-electron chi connectivity index (χ0n) is 14.9. The molecule has 26 heavy (non-hydrogen) atoms. The van der Waals surface area contributed by atoms with E-state index in [0.29, 0.717) is 19.4 Å². The van der Waals surface area contributed by atoms with Crippen molar-refractivity contribution in [1.82, 2.24) is 4.90 Å². The largest absolute Gasteiger partial charge is 0.396 e. The van der Waals surface area contributed by atoms with Gasteiger partial charge < -0.3 is 10.2 Å². The van der Waals surface area contributed by atoms with Crippen LogP contribution in [0.2, 0.25) is 0 Å². The Morgan fingerprint density at radius 3 is 2.54 bits per heavy atom. The van der Waals surface area contributed by atoms with Crippen LogP contribution in [0.1, 0.15) is 17.5 Å². The average Bonchev–Trinajstić information content (AvgIpc) is 2.67. The minimum atomic E-state index is -0.614. The molecule has 2 atom stereocenters. The summed E-state index contributed by atoms with van der Waals surface area (Å²) >= 11 is 0. The van der Waals surface area contributed by atoms with Gasteiger partial charge in [0.15, 0.2) is 0 Å². The molecule has 0 bridgehead atoms. The predicted molar refractivity (Wildman–Crippen MR) is 102 cm³/mol. The molecule has 0 spiro atoms. The maximum absolute atomic E-state index is 13.1. The van der Waals surface area contributed by atoms with Crippen LogP contribution in [0.25, 0.3) is 6.08 Å². The molecule has 3 nitrogen and oxygen atoms in total. The molecular formula is C22H26FNO2. The second-order valence-corrected chi connectivity index (χ2v) is 7.18. The van der Waals surface area contributed by atoms with E-state index in [1.54, 1.807) is 12.1 Å². The van der Waals surface area contributed by atoms with E-state index in [2.05, 4.69) is 29.2 Å². The molecule has 0 radical (unpaired) electrons. The average molecular weight is 355 g/mol. The smallest absolute Gasteiger partial charge is 0.123 e. The maximum atomic E-state index is 13.1. The Labute approximate surface area is 154 Å². The van der Waals surface area contributed by atoms with Crippen molar-refractivity contribution in [3.05, 3.63) is 77.6 Å². The number of rotatable bonds is 6. The normalized spacial score (nSPS) is 24.2. The second-order valence-electron chi connectivity index (χ2n) is 7.18. The summed E-state index contributed by atoms with van der Waals surface area (Å²) in [5, 5.41) is 20.6. The molecule has 1 aliphatic heterocycles. The summed E-state index contributed by atoms with van der Waals surface area (Å²) in [4.78, 5) is 2.26. The number of benzene rings is 2. The molecule has 4 heteroatoms. The highest BCUT2D eigenvalue weighted by molar-refractivity contribution is 5.48. The number of piperidine rings is 1. The van der Waals surface area contributed by atoms with Gasteiger partial charge in [0, 0.05) is 25.0 Å². The van der Waals surface area contributed by atoms with Crippen molar-refractivity contribution in [3.8, 4) is 0 Å². The van der Waals surface area contributed by atoms with Gasteiger partial charge in [0.05, 0.1) is 12.7 Å². The van der Waals surface area contributed by atoms with Crippen molar-refractivity contribution >= 4 is 6.08 Å². The van der Waals surface area contributed by atoms with Crippen molar-refractivity contribution in [3.63, 3.8) is 0 Å². The van der Waals surface area contributed by atoms with E-state index in [1.807, 2.05) is 18.2 Å². The van der Waals surface area contributed by atoms with Crippen molar-refractivity contribution < 1.29 is 14.6 Å². The summed E-state index contributed by atoms with van der Waals surface area (Å²) in [6.45, 7) is 2.09. The minimum absolute atomic E-state index is 0.0928. The SMILES string of the molecule is OC[C@]1(Cc2ccc(F)cc2)CN(C/C=C/c2ccccc2)CC[C@@H]1O. The van der Waals surface area contributed by atoms with Gasteiger partial charge in [0.25, 0.3) is 0 Å². The second kappa shape index (κ2) is 8.58. The van der Waals surface area contributed by atoms with Crippen LogP contribution in [-0.4, -0.2) is 47.5 Å². The third kappa shape index (κ3) is 4.58. The van der Waals surface area contributed by atoms with E-state index in [0.717, 1.165) is 24.2 Å². The van der Waals surface area contributed by atoms with Crippen LogP contribution >= 0.6 is 0 Å². The number of halogens is 1. The van der Waals surface area contributed by atoms with Crippen molar-refractivity contribution in [2.75, 3.05) is 26.2 Å². The Morgan fingerprint density at radius 1 is 1.12 bits per heavy atom. The Morgan fingerprint density at radius 2 is 1.85 bits per heavy atom. The van der Waals surface area contributed by atoms with Gasteiger partial charge in [-0.25, -0.2) is 4.39 Å². The molecule has 0 saturated carbocycles. The van der Waals surface area contributed by atoms with Crippen LogP contribution in [0.5, 0.6) is 0 Å². The number of nitrogens with zero attached hydrogens (tertiary/aromatic N) is 1. The van der Waals surface area contributed by atoms with Gasteiger partial charge >= 0.3 is 0 Å². The quantitative estimate of drug-likeness (QED) is 0.837. The fraction of sp³-hybridized carbons (Fsp3) is 0.364. The highest BCUT2D eigenvalue weighted by Crippen LogP contribution is 2.34. The van der Waals surface area contributed by atoms with Crippen molar-refractivity contribution in [2.24, 2.45) is 5.41 Å². The number of likely N-dealkylation sites (tertiary alicyclic amines) is 1. The van der Waals surface area contributed by atoms with E-state index in [-0.39, 0.29) is 12.4 Å². The third-order valence-electron chi connectivity index (χ3n) is 5.22. The monoisotopic (exact) mass is 355 g/mol. The lowest BCUT2D eigenvalue weighted by atomic mass is 9.73. The molecule has 0 unspecified atom stereocenters. The van der Waals surface area contributed by atoms with Crippen LogP contribution in [0, 0.1) is 11.2 Å². The van der Waals surface area contributed by atoms with Crippen LogP contribution in [0.4, 0.5) is 4.39 Å². The van der Waals surface area contributed by atoms with Gasteiger partial charge in [-0.15, -0.1) is 0 Å². The minimum Gasteiger partial charge on any atom is -0.396 e. The molecule has 0 aromatic heterocycles. The Balaban J connectivity index is 1.67. The molecule has 3 rings (SSSR count). The maximum Gasteiger partial charge on any atom is 0.123 e. The fourth-order valence-corrected chi connectivity index (χ4v) is 3.69. The molecule has 2 aromatic carbocycles. The van der Waals surface area contributed by atoms with Crippen molar-refractivity contribution in [1.29, 1.82) is 0 Å². The molecule has 1 heterocycles. The van der Waals surface area contributed by atoms with Gasteiger partial charge in [-0.2, -0.15) is 0 Å². The lowest BCUT2D eigenvalue weighted by Gasteiger charge is -2.45. The third-order valence-corrected chi connectivity index (χ3v) is 5.22. The summed E-state index contributed by atoms with van der Waals surface area (Å²) in [5.41, 5.74) is 1.47.